The Morgan fingerprint density at radius 2 is 2.06 bits per heavy atom. The van der Waals surface area contributed by atoms with Crippen molar-refractivity contribution in [2.75, 3.05) is 5.32 Å². The molecule has 1 amide bonds. The number of carbonyl (C=O) groups excluding carboxylic acids is 1. The number of aromatic hydroxyl groups is 1. The maximum atomic E-state index is 11.8. The second kappa shape index (κ2) is 4.33. The highest BCUT2D eigenvalue weighted by Gasteiger charge is 2.09. The normalized spacial score (nSPS) is 10.2. The molecule has 88 valence electrons. The van der Waals surface area contributed by atoms with Gasteiger partial charge in [0.25, 0.3) is 5.91 Å². The molecule has 0 aliphatic carbocycles. The van der Waals surface area contributed by atoms with Crippen LogP contribution in [0, 0.1) is 13.8 Å². The Labute approximate surface area is 99.3 Å². The lowest BCUT2D eigenvalue weighted by Gasteiger charge is -2.09. The number of hydrogen-bond acceptors (Lipinski definition) is 2. The first-order valence-electron chi connectivity index (χ1n) is 5.33. The van der Waals surface area contributed by atoms with Crippen LogP contribution >= 0.6 is 0 Å². The molecular formula is C13H14N2O2. The number of nitrogens with one attached hydrogen (secondary N) is 2. The number of amides is 1. The maximum Gasteiger partial charge on any atom is 0.272 e. The van der Waals surface area contributed by atoms with Gasteiger partial charge in [0.1, 0.15) is 11.4 Å². The van der Waals surface area contributed by atoms with E-state index >= 15 is 0 Å². The highest BCUT2D eigenvalue weighted by atomic mass is 16.3. The van der Waals surface area contributed by atoms with E-state index in [-0.39, 0.29) is 11.7 Å². The van der Waals surface area contributed by atoms with Gasteiger partial charge in [0.15, 0.2) is 0 Å². The fraction of sp³-hybridized carbons (Fsp3) is 0.154. The van der Waals surface area contributed by atoms with Gasteiger partial charge in [-0.2, -0.15) is 0 Å². The van der Waals surface area contributed by atoms with Crippen molar-refractivity contribution in [3.8, 4) is 5.75 Å². The van der Waals surface area contributed by atoms with Crippen LogP contribution in [0.3, 0.4) is 0 Å². The van der Waals surface area contributed by atoms with Crippen molar-refractivity contribution in [1.29, 1.82) is 0 Å². The Balaban J connectivity index is 2.25. The van der Waals surface area contributed by atoms with E-state index in [1.54, 1.807) is 37.4 Å². The van der Waals surface area contributed by atoms with Crippen LogP contribution in [0.1, 0.15) is 21.6 Å². The Hall–Kier alpha value is -2.23. The summed E-state index contributed by atoms with van der Waals surface area (Å²) in [6, 6.07) is 6.87. The third-order valence-corrected chi connectivity index (χ3v) is 2.63. The molecule has 0 aliphatic rings. The second-order valence-corrected chi connectivity index (χ2v) is 3.99. The summed E-state index contributed by atoms with van der Waals surface area (Å²) in [6.45, 7) is 3.63. The minimum Gasteiger partial charge on any atom is -0.508 e. The van der Waals surface area contributed by atoms with Gasteiger partial charge in [-0.3, -0.25) is 4.79 Å². The number of phenols is 1. The third-order valence-electron chi connectivity index (χ3n) is 2.63. The van der Waals surface area contributed by atoms with Crippen molar-refractivity contribution in [3.05, 3.63) is 47.3 Å². The molecule has 1 aromatic heterocycles. The molecule has 4 heteroatoms. The monoisotopic (exact) mass is 230 g/mol. The Bertz CT molecular complexity index is 545. The van der Waals surface area contributed by atoms with Gasteiger partial charge in [0, 0.05) is 11.9 Å². The van der Waals surface area contributed by atoms with Gasteiger partial charge in [0.2, 0.25) is 0 Å². The van der Waals surface area contributed by atoms with Crippen LogP contribution in [0.4, 0.5) is 5.69 Å². The smallest absolute Gasteiger partial charge is 0.272 e. The van der Waals surface area contributed by atoms with E-state index < -0.39 is 0 Å². The van der Waals surface area contributed by atoms with Crippen LogP contribution < -0.4 is 5.32 Å². The standard InChI is InChI=1S/C13H14N2O2/c1-8-7-12(16)9(2)6-11(8)15-13(17)10-4-3-5-14-10/h3-7,14,16H,1-2H3,(H,15,17). The van der Waals surface area contributed by atoms with Crippen molar-refractivity contribution in [3.63, 3.8) is 0 Å². The first-order valence-corrected chi connectivity index (χ1v) is 5.33. The predicted octanol–water partition coefficient (Wildman–Crippen LogP) is 2.59. The van der Waals surface area contributed by atoms with Gasteiger partial charge < -0.3 is 15.4 Å². The molecule has 1 heterocycles. The molecular weight excluding hydrogens is 216 g/mol. The molecule has 0 aliphatic heterocycles. The van der Waals surface area contributed by atoms with Crippen molar-refractivity contribution in [2.24, 2.45) is 0 Å². The highest BCUT2D eigenvalue weighted by molar-refractivity contribution is 6.03. The highest BCUT2D eigenvalue weighted by Crippen LogP contribution is 2.25. The molecule has 0 saturated carbocycles. The van der Waals surface area contributed by atoms with Crippen molar-refractivity contribution in [1.82, 2.24) is 4.98 Å². The summed E-state index contributed by atoms with van der Waals surface area (Å²) in [4.78, 5) is 14.7. The molecule has 0 atom stereocenters. The minimum absolute atomic E-state index is 0.191. The number of anilines is 1. The number of phenolic OH excluding ortho intramolecular Hbond substituents is 1. The number of aromatic amines is 1. The zero-order valence-electron chi connectivity index (χ0n) is 9.74. The summed E-state index contributed by atoms with van der Waals surface area (Å²) >= 11 is 0. The second-order valence-electron chi connectivity index (χ2n) is 3.99. The summed E-state index contributed by atoms with van der Waals surface area (Å²) in [6.07, 6.45) is 1.70. The lowest BCUT2D eigenvalue weighted by Crippen LogP contribution is -2.13. The number of hydrogen-bond donors (Lipinski definition) is 3. The minimum atomic E-state index is -0.191. The fourth-order valence-corrected chi connectivity index (χ4v) is 1.60. The van der Waals surface area contributed by atoms with Crippen molar-refractivity contribution >= 4 is 11.6 Å². The van der Waals surface area contributed by atoms with Crippen LogP contribution in [0.2, 0.25) is 0 Å². The molecule has 2 rings (SSSR count). The van der Waals surface area contributed by atoms with E-state index in [1.807, 2.05) is 6.92 Å². The van der Waals surface area contributed by atoms with E-state index in [4.69, 9.17) is 0 Å². The molecule has 0 saturated heterocycles. The first kappa shape index (κ1) is 11.3. The topological polar surface area (TPSA) is 65.1 Å². The average molecular weight is 230 g/mol. The van der Waals surface area contributed by atoms with E-state index in [0.29, 0.717) is 11.4 Å². The number of aromatic nitrogens is 1. The summed E-state index contributed by atoms with van der Waals surface area (Å²) in [5.41, 5.74) is 2.78. The predicted molar refractivity (Wildman–Crippen MR) is 66.3 cm³/mol. The van der Waals surface area contributed by atoms with Crippen LogP contribution in [0.15, 0.2) is 30.5 Å². The Morgan fingerprint density at radius 3 is 2.71 bits per heavy atom. The lowest BCUT2D eigenvalue weighted by atomic mass is 10.1. The molecule has 0 radical (unpaired) electrons. The van der Waals surface area contributed by atoms with Gasteiger partial charge >= 0.3 is 0 Å². The van der Waals surface area contributed by atoms with Gasteiger partial charge in [0.05, 0.1) is 0 Å². The SMILES string of the molecule is Cc1cc(NC(=O)c2ccc[nH]2)c(C)cc1O. The number of carbonyl (C=O) groups is 1. The fourth-order valence-electron chi connectivity index (χ4n) is 1.60. The van der Waals surface area contributed by atoms with Crippen LogP contribution in [0.25, 0.3) is 0 Å². The van der Waals surface area contributed by atoms with Crippen molar-refractivity contribution in [2.45, 2.75) is 13.8 Å². The molecule has 0 fully saturated rings. The maximum absolute atomic E-state index is 11.8. The number of aryl methyl sites for hydroxylation is 2. The van der Waals surface area contributed by atoms with E-state index in [2.05, 4.69) is 10.3 Å². The van der Waals surface area contributed by atoms with Crippen LogP contribution in [-0.4, -0.2) is 16.0 Å². The van der Waals surface area contributed by atoms with Crippen LogP contribution in [0.5, 0.6) is 5.75 Å². The van der Waals surface area contributed by atoms with Gasteiger partial charge in [-0.25, -0.2) is 0 Å². The zero-order valence-corrected chi connectivity index (χ0v) is 9.74. The number of H-pyrrole nitrogens is 1. The van der Waals surface area contributed by atoms with E-state index in [1.165, 1.54) is 0 Å². The molecule has 3 N–H and O–H groups in total. The number of benzene rings is 1. The van der Waals surface area contributed by atoms with Gasteiger partial charge in [-0.1, -0.05) is 0 Å². The molecule has 0 bridgehead atoms. The Kier molecular flexibility index (Phi) is 2.87. The van der Waals surface area contributed by atoms with E-state index in [0.717, 1.165) is 11.1 Å². The molecule has 17 heavy (non-hydrogen) atoms. The number of rotatable bonds is 2. The Morgan fingerprint density at radius 1 is 1.29 bits per heavy atom. The van der Waals surface area contributed by atoms with Crippen molar-refractivity contribution < 1.29 is 9.90 Å². The molecule has 2 aromatic rings. The molecule has 0 unspecified atom stereocenters. The lowest BCUT2D eigenvalue weighted by molar-refractivity contribution is 0.102. The third kappa shape index (κ3) is 2.30. The largest absolute Gasteiger partial charge is 0.508 e. The summed E-state index contributed by atoms with van der Waals surface area (Å²) < 4.78 is 0. The van der Waals surface area contributed by atoms with E-state index in [9.17, 15) is 9.90 Å². The quantitative estimate of drug-likeness (QED) is 0.694. The summed E-state index contributed by atoms with van der Waals surface area (Å²) in [7, 11) is 0. The average Bonchev–Trinajstić information content (AvgIpc) is 2.79. The van der Waals surface area contributed by atoms with Gasteiger partial charge in [-0.15, -0.1) is 0 Å². The molecule has 0 spiro atoms. The molecule has 1 aromatic carbocycles. The summed E-state index contributed by atoms with van der Waals surface area (Å²) in [5, 5.41) is 12.3. The van der Waals surface area contributed by atoms with Crippen LogP contribution in [-0.2, 0) is 0 Å². The first-order chi connectivity index (χ1) is 8.08. The zero-order chi connectivity index (χ0) is 12.4. The molecule has 4 nitrogen and oxygen atoms in total. The van der Waals surface area contributed by atoms with Gasteiger partial charge in [-0.05, 0) is 49.2 Å². The summed E-state index contributed by atoms with van der Waals surface area (Å²) in [5.74, 6) is 0.0450.